The Balaban J connectivity index is 0. The van der Waals surface area contributed by atoms with E-state index in [9.17, 15) is 13.2 Å². The highest BCUT2D eigenvalue weighted by molar-refractivity contribution is 5.85. The van der Waals surface area contributed by atoms with Crippen LogP contribution in [0.2, 0.25) is 0 Å². The van der Waals surface area contributed by atoms with Crippen molar-refractivity contribution in [2.75, 3.05) is 0 Å². The maximum absolute atomic E-state index is 11.9. The average Bonchev–Trinajstić information content (AvgIpc) is 1.86. The summed E-state index contributed by atoms with van der Waals surface area (Å²) in [6, 6.07) is 4.39. The Morgan fingerprint density at radius 2 is 1.46 bits per heavy atom. The summed E-state index contributed by atoms with van der Waals surface area (Å²) in [6.45, 7) is 0. The quantitative estimate of drug-likeness (QED) is 0.731. The fourth-order valence-corrected chi connectivity index (χ4v) is 0.713. The molecule has 0 unspecified atom stereocenters. The molecule has 76 valence electrons. The van der Waals surface area contributed by atoms with E-state index in [0.717, 1.165) is 12.1 Å². The summed E-state index contributed by atoms with van der Waals surface area (Å²) in [5, 5.41) is 8.73. The van der Waals surface area contributed by atoms with Gasteiger partial charge in [-0.3, -0.25) is 0 Å². The average molecular weight is 235 g/mol. The topological polar surface area (TPSA) is 20.2 Å². The van der Waals surface area contributed by atoms with Crippen LogP contribution in [0.5, 0.6) is 5.75 Å². The standard InChI is InChI=1S/C7H5F3O.2ClH/c8-7(9,10)5-3-1-2-4-6(5)11;;/h1-4,11H;2*1H. The predicted octanol–water partition coefficient (Wildman–Crippen LogP) is 3.25. The van der Waals surface area contributed by atoms with Crippen LogP contribution in [0.3, 0.4) is 0 Å². The van der Waals surface area contributed by atoms with E-state index in [2.05, 4.69) is 0 Å². The van der Waals surface area contributed by atoms with Crippen molar-refractivity contribution in [3.63, 3.8) is 0 Å². The van der Waals surface area contributed by atoms with Crippen molar-refractivity contribution in [2.24, 2.45) is 0 Å². The summed E-state index contributed by atoms with van der Waals surface area (Å²) in [5.74, 6) is -0.736. The van der Waals surface area contributed by atoms with Crippen LogP contribution in [0.25, 0.3) is 0 Å². The van der Waals surface area contributed by atoms with E-state index in [-0.39, 0.29) is 24.8 Å². The molecular weight excluding hydrogens is 228 g/mol. The van der Waals surface area contributed by atoms with Gasteiger partial charge in [0.05, 0.1) is 5.56 Å². The largest absolute Gasteiger partial charge is 0.507 e. The van der Waals surface area contributed by atoms with Crippen LogP contribution in [0.15, 0.2) is 24.3 Å². The van der Waals surface area contributed by atoms with Crippen molar-refractivity contribution in [3.8, 4) is 5.75 Å². The molecule has 6 heteroatoms. The van der Waals surface area contributed by atoms with Gasteiger partial charge in [-0.05, 0) is 12.1 Å². The molecule has 0 radical (unpaired) electrons. The van der Waals surface area contributed by atoms with Gasteiger partial charge in [0.1, 0.15) is 5.75 Å². The van der Waals surface area contributed by atoms with Crippen molar-refractivity contribution >= 4 is 24.8 Å². The van der Waals surface area contributed by atoms with Gasteiger partial charge in [-0.25, -0.2) is 0 Å². The number of alkyl halides is 3. The summed E-state index contributed by atoms with van der Waals surface area (Å²) in [5.41, 5.74) is -1.000. The van der Waals surface area contributed by atoms with Crippen LogP contribution >= 0.6 is 24.8 Å². The molecule has 13 heavy (non-hydrogen) atoms. The Morgan fingerprint density at radius 3 is 1.77 bits per heavy atom. The first kappa shape index (κ1) is 14.9. The summed E-state index contributed by atoms with van der Waals surface area (Å²) in [7, 11) is 0. The zero-order chi connectivity index (χ0) is 8.48. The van der Waals surface area contributed by atoms with Crippen LogP contribution in [0.1, 0.15) is 5.56 Å². The van der Waals surface area contributed by atoms with Crippen molar-refractivity contribution < 1.29 is 18.3 Å². The summed E-state index contributed by atoms with van der Waals surface area (Å²) in [4.78, 5) is 0. The van der Waals surface area contributed by atoms with Crippen LogP contribution in [0.4, 0.5) is 13.2 Å². The lowest BCUT2D eigenvalue weighted by atomic mass is 10.2. The zero-order valence-electron chi connectivity index (χ0n) is 6.21. The number of benzene rings is 1. The molecule has 0 aliphatic carbocycles. The van der Waals surface area contributed by atoms with Crippen molar-refractivity contribution in [3.05, 3.63) is 29.8 Å². The summed E-state index contributed by atoms with van der Waals surface area (Å²) < 4.78 is 35.7. The van der Waals surface area contributed by atoms with Gasteiger partial charge in [0.15, 0.2) is 0 Å². The van der Waals surface area contributed by atoms with E-state index in [1.807, 2.05) is 0 Å². The lowest BCUT2D eigenvalue weighted by molar-refractivity contribution is -0.138. The minimum Gasteiger partial charge on any atom is -0.507 e. The lowest BCUT2D eigenvalue weighted by Gasteiger charge is -2.06. The third-order valence-corrected chi connectivity index (χ3v) is 1.21. The molecule has 0 aliphatic heterocycles. The summed E-state index contributed by atoms with van der Waals surface area (Å²) in [6.07, 6.45) is -4.47. The second-order valence-corrected chi connectivity index (χ2v) is 2.01. The zero-order valence-corrected chi connectivity index (χ0v) is 7.84. The first-order chi connectivity index (χ1) is 5.02. The number of para-hydroxylation sites is 1. The highest BCUT2D eigenvalue weighted by Crippen LogP contribution is 2.34. The molecule has 0 fully saturated rings. The van der Waals surface area contributed by atoms with Crippen LogP contribution in [-0.2, 0) is 6.18 Å². The van der Waals surface area contributed by atoms with E-state index >= 15 is 0 Å². The predicted molar refractivity (Wildman–Crippen MR) is 47.6 cm³/mol. The van der Waals surface area contributed by atoms with Gasteiger partial charge >= 0.3 is 6.18 Å². The molecule has 0 heterocycles. The SMILES string of the molecule is Cl.Cl.Oc1ccccc1C(F)(F)F. The number of phenols is 1. The van der Waals surface area contributed by atoms with E-state index in [1.165, 1.54) is 12.1 Å². The molecule has 0 amide bonds. The smallest absolute Gasteiger partial charge is 0.419 e. The molecule has 0 saturated carbocycles. The number of hydrogen-bond acceptors (Lipinski definition) is 1. The maximum Gasteiger partial charge on any atom is 0.419 e. The summed E-state index contributed by atoms with van der Waals surface area (Å²) >= 11 is 0. The van der Waals surface area contributed by atoms with Gasteiger partial charge in [0.25, 0.3) is 0 Å². The van der Waals surface area contributed by atoms with Gasteiger partial charge in [0.2, 0.25) is 0 Å². The Labute approximate surface area is 85.4 Å². The van der Waals surface area contributed by atoms with E-state index in [4.69, 9.17) is 5.11 Å². The number of phenolic OH excluding ortho intramolecular Hbond substituents is 1. The Morgan fingerprint density at radius 1 is 1.00 bits per heavy atom. The molecule has 0 bridgehead atoms. The van der Waals surface area contributed by atoms with Gasteiger partial charge in [-0.15, -0.1) is 24.8 Å². The maximum atomic E-state index is 11.9. The molecule has 0 saturated heterocycles. The van der Waals surface area contributed by atoms with E-state index < -0.39 is 17.5 Å². The minimum atomic E-state index is -4.47. The van der Waals surface area contributed by atoms with E-state index in [1.54, 1.807) is 0 Å². The van der Waals surface area contributed by atoms with E-state index in [0.29, 0.717) is 0 Å². The molecule has 1 rings (SSSR count). The third kappa shape index (κ3) is 3.74. The monoisotopic (exact) mass is 234 g/mol. The molecule has 1 aromatic rings. The molecule has 1 aromatic carbocycles. The highest BCUT2D eigenvalue weighted by Gasteiger charge is 2.33. The molecule has 0 aliphatic rings. The highest BCUT2D eigenvalue weighted by atomic mass is 35.5. The molecule has 0 aromatic heterocycles. The number of aromatic hydroxyl groups is 1. The Kier molecular flexibility index (Phi) is 5.95. The van der Waals surface area contributed by atoms with Gasteiger partial charge < -0.3 is 5.11 Å². The molecule has 1 nitrogen and oxygen atoms in total. The Bertz CT molecular complexity index is 262. The molecule has 0 spiro atoms. The van der Waals surface area contributed by atoms with Crippen LogP contribution < -0.4 is 0 Å². The second-order valence-electron chi connectivity index (χ2n) is 2.01. The molecular formula is C7H7Cl2F3O. The number of hydrogen-bond donors (Lipinski definition) is 1. The fraction of sp³-hybridized carbons (Fsp3) is 0.143. The lowest BCUT2D eigenvalue weighted by Crippen LogP contribution is -2.04. The third-order valence-electron chi connectivity index (χ3n) is 1.21. The molecule has 0 atom stereocenters. The van der Waals surface area contributed by atoms with Crippen LogP contribution in [-0.4, -0.2) is 5.11 Å². The number of rotatable bonds is 0. The normalized spacial score (nSPS) is 9.77. The molecule has 1 N–H and O–H groups in total. The van der Waals surface area contributed by atoms with Gasteiger partial charge in [-0.1, -0.05) is 12.1 Å². The minimum absolute atomic E-state index is 0. The Hall–Kier alpha value is -0.610. The second kappa shape index (κ2) is 5.19. The number of halogens is 5. The first-order valence-corrected chi connectivity index (χ1v) is 2.87. The van der Waals surface area contributed by atoms with Crippen molar-refractivity contribution in [1.82, 2.24) is 0 Å². The van der Waals surface area contributed by atoms with Gasteiger partial charge in [0, 0.05) is 0 Å². The first-order valence-electron chi connectivity index (χ1n) is 2.87. The van der Waals surface area contributed by atoms with Crippen LogP contribution in [0, 0.1) is 0 Å². The fourth-order valence-electron chi connectivity index (χ4n) is 0.713. The van der Waals surface area contributed by atoms with Crippen molar-refractivity contribution in [2.45, 2.75) is 6.18 Å². The van der Waals surface area contributed by atoms with Gasteiger partial charge in [-0.2, -0.15) is 13.2 Å². The van der Waals surface area contributed by atoms with Crippen molar-refractivity contribution in [1.29, 1.82) is 0 Å².